The van der Waals surface area contributed by atoms with Crippen LogP contribution in [0.1, 0.15) is 93.4 Å². The first kappa shape index (κ1) is 26.7. The molecule has 1 aliphatic heterocycles. The van der Waals surface area contributed by atoms with Gasteiger partial charge in [0.2, 0.25) is 0 Å². The minimum Gasteiger partial charge on any atom is -0.465 e. The molecule has 1 saturated heterocycles. The molecular formula is C30H44O7. The van der Waals surface area contributed by atoms with Crippen LogP contribution in [0.4, 0.5) is 0 Å². The van der Waals surface area contributed by atoms with Crippen LogP contribution in [-0.2, 0) is 33.4 Å². The highest BCUT2D eigenvalue weighted by molar-refractivity contribution is 5.88. The Morgan fingerprint density at radius 3 is 2.24 bits per heavy atom. The smallest absolute Gasteiger partial charge is 0.310 e. The third-order valence-electron chi connectivity index (χ3n) is 12.0. The zero-order valence-electron chi connectivity index (χ0n) is 23.6. The van der Waals surface area contributed by atoms with Crippen molar-refractivity contribution in [2.45, 2.75) is 106 Å². The van der Waals surface area contributed by atoms with Gasteiger partial charge in [0.05, 0.1) is 18.4 Å². The molecule has 0 unspecified atom stereocenters. The molecule has 0 amide bonds. The van der Waals surface area contributed by atoms with Gasteiger partial charge in [0.25, 0.3) is 0 Å². The Bertz CT molecular complexity index is 1020. The van der Waals surface area contributed by atoms with Crippen molar-refractivity contribution in [2.75, 3.05) is 6.61 Å². The Balaban J connectivity index is 1.64. The maximum absolute atomic E-state index is 13.5. The van der Waals surface area contributed by atoms with Gasteiger partial charge >= 0.3 is 17.9 Å². The molecule has 0 radical (unpaired) electrons. The molecule has 4 aliphatic carbocycles. The lowest BCUT2D eigenvalue weighted by Crippen LogP contribution is -2.69. The molecule has 10 atom stereocenters. The maximum Gasteiger partial charge on any atom is 0.310 e. The van der Waals surface area contributed by atoms with Crippen LogP contribution in [0.3, 0.4) is 0 Å². The summed E-state index contributed by atoms with van der Waals surface area (Å²) in [5, 5.41) is 0. The molecule has 0 aromatic rings. The van der Waals surface area contributed by atoms with E-state index in [0.717, 1.165) is 38.5 Å². The van der Waals surface area contributed by atoms with Gasteiger partial charge in [0, 0.05) is 24.7 Å². The number of fused-ring (bicyclic) bond motifs is 4. The molecule has 0 spiro atoms. The quantitative estimate of drug-likeness (QED) is 0.388. The first-order valence-corrected chi connectivity index (χ1v) is 14.2. The number of rotatable bonds is 4. The van der Waals surface area contributed by atoms with Gasteiger partial charge in [-0.05, 0) is 74.0 Å². The normalized spacial score (nSPS) is 47.5. The molecule has 5 aliphatic rings. The average Bonchev–Trinajstić information content (AvgIpc) is 3.03. The van der Waals surface area contributed by atoms with Crippen LogP contribution in [0.25, 0.3) is 0 Å². The number of esters is 3. The number of ketones is 1. The van der Waals surface area contributed by atoms with Gasteiger partial charge in [0.1, 0.15) is 18.0 Å². The van der Waals surface area contributed by atoms with E-state index in [1.807, 2.05) is 0 Å². The lowest BCUT2D eigenvalue weighted by molar-refractivity contribution is -0.251. The van der Waals surface area contributed by atoms with E-state index in [0.29, 0.717) is 18.9 Å². The fourth-order valence-electron chi connectivity index (χ4n) is 10.8. The van der Waals surface area contributed by atoms with Crippen molar-refractivity contribution in [1.82, 2.24) is 0 Å². The van der Waals surface area contributed by atoms with Gasteiger partial charge < -0.3 is 14.2 Å². The lowest BCUT2D eigenvalue weighted by Gasteiger charge is -2.70. The predicted molar refractivity (Wildman–Crippen MR) is 135 cm³/mol. The van der Waals surface area contributed by atoms with E-state index in [-0.39, 0.29) is 51.9 Å². The van der Waals surface area contributed by atoms with Crippen molar-refractivity contribution in [2.24, 2.45) is 51.2 Å². The summed E-state index contributed by atoms with van der Waals surface area (Å²) in [7, 11) is 0. The molecular weight excluding hydrogens is 472 g/mol. The van der Waals surface area contributed by atoms with Crippen LogP contribution in [-0.4, -0.2) is 42.5 Å². The summed E-state index contributed by atoms with van der Waals surface area (Å²) < 4.78 is 17.8. The third-order valence-corrected chi connectivity index (χ3v) is 12.0. The van der Waals surface area contributed by atoms with Crippen LogP contribution < -0.4 is 0 Å². The Labute approximate surface area is 220 Å². The van der Waals surface area contributed by atoms with E-state index >= 15 is 0 Å². The van der Waals surface area contributed by atoms with Crippen molar-refractivity contribution in [3.8, 4) is 0 Å². The van der Waals surface area contributed by atoms with Crippen LogP contribution >= 0.6 is 0 Å². The summed E-state index contributed by atoms with van der Waals surface area (Å²) in [6, 6.07) is 0. The zero-order valence-corrected chi connectivity index (χ0v) is 23.6. The second kappa shape index (κ2) is 8.54. The van der Waals surface area contributed by atoms with E-state index in [1.54, 1.807) is 0 Å². The first-order valence-electron chi connectivity index (χ1n) is 14.2. The fourth-order valence-corrected chi connectivity index (χ4v) is 10.8. The van der Waals surface area contributed by atoms with E-state index in [4.69, 9.17) is 14.2 Å². The Morgan fingerprint density at radius 2 is 1.62 bits per heavy atom. The highest BCUT2D eigenvalue weighted by Crippen LogP contribution is 2.75. The molecule has 206 valence electrons. The van der Waals surface area contributed by atoms with E-state index in [9.17, 15) is 19.2 Å². The van der Waals surface area contributed by atoms with Crippen LogP contribution in [0.15, 0.2) is 0 Å². The molecule has 1 heterocycles. The largest absolute Gasteiger partial charge is 0.465 e. The molecule has 5 rings (SSSR count). The monoisotopic (exact) mass is 516 g/mol. The predicted octanol–water partition coefficient (Wildman–Crippen LogP) is 4.89. The second-order valence-electron chi connectivity index (χ2n) is 14.1. The highest BCUT2D eigenvalue weighted by atomic mass is 16.6. The standard InChI is InChI=1S/C30H44O7/c1-16(31)24-19(36-18(3)33)13-21-28(6)12-9-20-27(4,5)10-8-11-30(20,15-35-17(2)32)22(28)14-23-29(21,7)25(24)26(34)37-23/h19-25H,8-15H2,1-7H3/t19-,20+,21+,22+,23-,24-,25-,28+,29-,30-/m1/s1. The zero-order chi connectivity index (χ0) is 27.1. The number of Topliss-reactive ketones (excluding diaryl/α,β-unsaturated/α-hetero) is 1. The number of hydrogen-bond donors (Lipinski definition) is 0. The molecule has 4 saturated carbocycles. The van der Waals surface area contributed by atoms with Crippen molar-refractivity contribution >= 4 is 23.7 Å². The minimum absolute atomic E-state index is 0.0420. The molecule has 7 nitrogen and oxygen atoms in total. The highest BCUT2D eigenvalue weighted by Gasteiger charge is 2.75. The SMILES string of the molecule is CC(=O)OC[C@]12CCCC(C)(C)[C@@H]1CC[C@]1(C)[C@@H]2C[C@H]2OC(=O)[C@H]3[C@H](C(C)=O)[C@H](OC(C)=O)C[C@@H]1[C@]23C. The third kappa shape index (κ3) is 3.65. The maximum atomic E-state index is 13.5. The summed E-state index contributed by atoms with van der Waals surface area (Å²) in [5.74, 6) is -1.78. The van der Waals surface area contributed by atoms with Crippen LogP contribution in [0.5, 0.6) is 0 Å². The van der Waals surface area contributed by atoms with Gasteiger partial charge in [-0.25, -0.2) is 0 Å². The topological polar surface area (TPSA) is 96.0 Å². The summed E-state index contributed by atoms with van der Waals surface area (Å²) in [6.07, 6.45) is 5.60. The summed E-state index contributed by atoms with van der Waals surface area (Å²) >= 11 is 0. The molecule has 0 aromatic heterocycles. The minimum atomic E-state index is -0.678. The van der Waals surface area contributed by atoms with Gasteiger partial charge in [0.15, 0.2) is 0 Å². The molecule has 5 fully saturated rings. The lowest BCUT2D eigenvalue weighted by atomic mass is 9.34. The first-order chi connectivity index (χ1) is 17.2. The number of ether oxygens (including phenoxy) is 3. The van der Waals surface area contributed by atoms with Crippen molar-refractivity contribution in [3.05, 3.63) is 0 Å². The molecule has 7 heteroatoms. The van der Waals surface area contributed by atoms with Gasteiger partial charge in [-0.2, -0.15) is 0 Å². The molecule has 0 aromatic carbocycles. The molecule has 37 heavy (non-hydrogen) atoms. The Kier molecular flexibility index (Phi) is 6.16. The van der Waals surface area contributed by atoms with Crippen molar-refractivity contribution in [1.29, 1.82) is 0 Å². The van der Waals surface area contributed by atoms with E-state index in [2.05, 4.69) is 27.7 Å². The van der Waals surface area contributed by atoms with Gasteiger partial charge in [-0.15, -0.1) is 0 Å². The van der Waals surface area contributed by atoms with Gasteiger partial charge in [-0.1, -0.05) is 34.1 Å². The van der Waals surface area contributed by atoms with E-state index in [1.165, 1.54) is 20.8 Å². The Hall–Kier alpha value is -1.92. The van der Waals surface area contributed by atoms with Crippen LogP contribution in [0, 0.1) is 51.2 Å². The summed E-state index contributed by atoms with van der Waals surface area (Å²) in [6.45, 7) is 14.0. The van der Waals surface area contributed by atoms with Crippen molar-refractivity contribution in [3.63, 3.8) is 0 Å². The summed E-state index contributed by atoms with van der Waals surface area (Å²) in [5.41, 5.74) is -0.737. The Morgan fingerprint density at radius 1 is 0.919 bits per heavy atom. The summed E-state index contributed by atoms with van der Waals surface area (Å²) in [4.78, 5) is 50.6. The number of carbonyl (C=O) groups excluding carboxylic acids is 4. The number of carbonyl (C=O) groups is 4. The fraction of sp³-hybridized carbons (Fsp3) is 0.867. The van der Waals surface area contributed by atoms with E-state index < -0.39 is 29.3 Å². The second-order valence-corrected chi connectivity index (χ2v) is 14.1. The average molecular weight is 517 g/mol. The molecule has 0 bridgehead atoms. The molecule has 0 N–H and O–H groups in total. The number of hydrogen-bond acceptors (Lipinski definition) is 7. The van der Waals surface area contributed by atoms with Crippen molar-refractivity contribution < 1.29 is 33.4 Å². The van der Waals surface area contributed by atoms with Gasteiger partial charge in [-0.3, -0.25) is 19.2 Å². The van der Waals surface area contributed by atoms with Crippen LogP contribution in [0.2, 0.25) is 0 Å².